The molecule has 0 aliphatic carbocycles. The van der Waals surface area contributed by atoms with Crippen molar-refractivity contribution in [3.63, 3.8) is 0 Å². The topological polar surface area (TPSA) is 12.0 Å². The predicted octanol–water partition coefficient (Wildman–Crippen LogP) is 2.37. The van der Waals surface area contributed by atoms with Crippen LogP contribution in [0.4, 0.5) is 4.39 Å². The standard InChI is InChI=1S/C9H14FN/c1-6(2)8-4-9(10)7(3)11-5-8/h4-7,11H,1-3H3. The molecular weight excluding hydrogens is 141 g/mol. The van der Waals surface area contributed by atoms with E-state index in [2.05, 4.69) is 5.32 Å². The maximum Gasteiger partial charge on any atom is 0.122 e. The third-order valence-electron chi connectivity index (χ3n) is 1.88. The fraction of sp³-hybridized carbons (Fsp3) is 0.556. The molecule has 1 aliphatic heterocycles. The SMILES string of the molecule is CC(C)C1=CNC(C)C(F)=C1. The van der Waals surface area contributed by atoms with Gasteiger partial charge in [0, 0.05) is 6.20 Å². The Morgan fingerprint density at radius 1 is 1.55 bits per heavy atom. The second-order valence-corrected chi connectivity index (χ2v) is 3.22. The lowest BCUT2D eigenvalue weighted by Crippen LogP contribution is -2.25. The van der Waals surface area contributed by atoms with E-state index in [0.717, 1.165) is 5.57 Å². The molecule has 0 aromatic heterocycles. The molecule has 1 N–H and O–H groups in total. The smallest absolute Gasteiger partial charge is 0.122 e. The zero-order valence-corrected chi connectivity index (χ0v) is 7.19. The Morgan fingerprint density at radius 2 is 2.18 bits per heavy atom. The largest absolute Gasteiger partial charge is 0.382 e. The Kier molecular flexibility index (Phi) is 2.32. The first-order chi connectivity index (χ1) is 5.11. The quantitative estimate of drug-likeness (QED) is 0.613. The Labute approximate surface area is 67.0 Å². The van der Waals surface area contributed by atoms with E-state index < -0.39 is 0 Å². The molecule has 0 fully saturated rings. The van der Waals surface area contributed by atoms with Crippen LogP contribution < -0.4 is 5.32 Å². The highest BCUT2D eigenvalue weighted by molar-refractivity contribution is 5.28. The number of hydrogen-bond acceptors (Lipinski definition) is 1. The summed E-state index contributed by atoms with van der Waals surface area (Å²) in [7, 11) is 0. The summed E-state index contributed by atoms with van der Waals surface area (Å²) in [5.74, 6) is 0.317. The molecule has 0 saturated heterocycles. The van der Waals surface area contributed by atoms with Gasteiger partial charge in [0.05, 0.1) is 6.04 Å². The summed E-state index contributed by atoms with van der Waals surface area (Å²) in [6.45, 7) is 5.90. The van der Waals surface area contributed by atoms with Gasteiger partial charge in [-0.05, 0) is 24.5 Å². The predicted molar refractivity (Wildman–Crippen MR) is 44.7 cm³/mol. The molecule has 0 spiro atoms. The molecule has 1 unspecified atom stereocenters. The second kappa shape index (κ2) is 3.07. The van der Waals surface area contributed by atoms with Crippen molar-refractivity contribution in [3.8, 4) is 0 Å². The van der Waals surface area contributed by atoms with Crippen LogP contribution in [0.1, 0.15) is 20.8 Å². The minimum absolute atomic E-state index is 0.0730. The average Bonchev–Trinajstić information content (AvgIpc) is 1.94. The summed E-state index contributed by atoms with van der Waals surface area (Å²) >= 11 is 0. The number of nitrogens with one attached hydrogen (secondary N) is 1. The van der Waals surface area contributed by atoms with Gasteiger partial charge in [-0.1, -0.05) is 13.8 Å². The molecule has 0 bridgehead atoms. The number of halogens is 1. The van der Waals surface area contributed by atoms with Crippen molar-refractivity contribution >= 4 is 0 Å². The molecule has 1 aliphatic rings. The fourth-order valence-electron chi connectivity index (χ4n) is 0.960. The Bertz CT molecular complexity index is 204. The molecule has 62 valence electrons. The van der Waals surface area contributed by atoms with E-state index in [1.165, 1.54) is 0 Å². The van der Waals surface area contributed by atoms with E-state index in [9.17, 15) is 4.39 Å². The lowest BCUT2D eigenvalue weighted by Gasteiger charge is -2.18. The van der Waals surface area contributed by atoms with Crippen LogP contribution in [0.5, 0.6) is 0 Å². The van der Waals surface area contributed by atoms with Gasteiger partial charge in [-0.3, -0.25) is 0 Å². The van der Waals surface area contributed by atoms with Gasteiger partial charge in [0.15, 0.2) is 0 Å². The highest BCUT2D eigenvalue weighted by Gasteiger charge is 2.13. The van der Waals surface area contributed by atoms with Crippen LogP contribution in [0, 0.1) is 5.92 Å². The minimum atomic E-state index is -0.155. The zero-order valence-electron chi connectivity index (χ0n) is 7.19. The first-order valence-electron chi connectivity index (χ1n) is 3.94. The molecule has 11 heavy (non-hydrogen) atoms. The van der Waals surface area contributed by atoms with Gasteiger partial charge in [0.25, 0.3) is 0 Å². The Hall–Kier alpha value is -0.790. The molecule has 0 aromatic rings. The molecule has 0 amide bonds. The monoisotopic (exact) mass is 155 g/mol. The maximum absolute atomic E-state index is 12.9. The van der Waals surface area contributed by atoms with Crippen LogP contribution in [0.25, 0.3) is 0 Å². The van der Waals surface area contributed by atoms with Crippen molar-refractivity contribution in [2.45, 2.75) is 26.8 Å². The normalized spacial score (nSPS) is 24.3. The first-order valence-corrected chi connectivity index (χ1v) is 3.94. The van der Waals surface area contributed by atoms with Gasteiger partial charge in [-0.2, -0.15) is 0 Å². The third kappa shape index (κ3) is 1.82. The molecule has 1 nitrogen and oxygen atoms in total. The highest BCUT2D eigenvalue weighted by Crippen LogP contribution is 2.19. The summed E-state index contributed by atoms with van der Waals surface area (Å²) in [4.78, 5) is 0. The minimum Gasteiger partial charge on any atom is -0.382 e. The summed E-state index contributed by atoms with van der Waals surface area (Å²) < 4.78 is 12.9. The molecule has 1 heterocycles. The van der Waals surface area contributed by atoms with Crippen LogP contribution in [-0.4, -0.2) is 6.04 Å². The molecular formula is C9H14FN. The van der Waals surface area contributed by atoms with Crippen LogP contribution in [-0.2, 0) is 0 Å². The van der Waals surface area contributed by atoms with Crippen molar-refractivity contribution in [1.29, 1.82) is 0 Å². The van der Waals surface area contributed by atoms with Gasteiger partial charge < -0.3 is 5.32 Å². The van der Waals surface area contributed by atoms with E-state index in [0.29, 0.717) is 5.92 Å². The summed E-state index contributed by atoms with van der Waals surface area (Å²) in [5, 5.41) is 2.96. The van der Waals surface area contributed by atoms with E-state index in [-0.39, 0.29) is 11.9 Å². The number of rotatable bonds is 1. The van der Waals surface area contributed by atoms with Gasteiger partial charge in [-0.25, -0.2) is 4.39 Å². The van der Waals surface area contributed by atoms with E-state index in [4.69, 9.17) is 0 Å². The van der Waals surface area contributed by atoms with Crippen LogP contribution in [0.2, 0.25) is 0 Å². The number of allylic oxidation sites excluding steroid dienone is 2. The van der Waals surface area contributed by atoms with Crippen LogP contribution in [0.15, 0.2) is 23.7 Å². The van der Waals surface area contributed by atoms with Gasteiger partial charge in [-0.15, -0.1) is 0 Å². The Balaban J connectivity index is 2.74. The molecule has 2 heteroatoms. The van der Waals surface area contributed by atoms with Gasteiger partial charge in [0.2, 0.25) is 0 Å². The summed E-state index contributed by atoms with van der Waals surface area (Å²) in [6, 6.07) is -0.155. The summed E-state index contributed by atoms with van der Waals surface area (Å²) in [5.41, 5.74) is 1.03. The molecule has 0 saturated carbocycles. The van der Waals surface area contributed by atoms with E-state index >= 15 is 0 Å². The zero-order chi connectivity index (χ0) is 8.43. The highest BCUT2D eigenvalue weighted by atomic mass is 19.1. The van der Waals surface area contributed by atoms with Crippen molar-refractivity contribution in [2.75, 3.05) is 0 Å². The van der Waals surface area contributed by atoms with Gasteiger partial charge >= 0.3 is 0 Å². The van der Waals surface area contributed by atoms with E-state index in [1.807, 2.05) is 20.0 Å². The average molecular weight is 155 g/mol. The molecule has 0 aromatic carbocycles. The van der Waals surface area contributed by atoms with Crippen molar-refractivity contribution in [2.24, 2.45) is 5.92 Å². The number of hydrogen-bond donors (Lipinski definition) is 1. The lowest BCUT2D eigenvalue weighted by molar-refractivity contribution is 0.511. The van der Waals surface area contributed by atoms with Crippen molar-refractivity contribution in [3.05, 3.63) is 23.7 Å². The maximum atomic E-state index is 12.9. The lowest BCUT2D eigenvalue weighted by atomic mass is 10.0. The van der Waals surface area contributed by atoms with Crippen molar-refractivity contribution < 1.29 is 4.39 Å². The fourth-order valence-corrected chi connectivity index (χ4v) is 0.960. The second-order valence-electron chi connectivity index (χ2n) is 3.22. The van der Waals surface area contributed by atoms with Crippen LogP contribution in [0.3, 0.4) is 0 Å². The molecule has 0 radical (unpaired) electrons. The summed E-state index contributed by atoms with van der Waals surface area (Å²) in [6.07, 6.45) is 3.50. The number of dihydropyridines is 1. The third-order valence-corrected chi connectivity index (χ3v) is 1.88. The van der Waals surface area contributed by atoms with Crippen molar-refractivity contribution in [1.82, 2.24) is 5.32 Å². The van der Waals surface area contributed by atoms with E-state index in [1.54, 1.807) is 13.0 Å². The van der Waals surface area contributed by atoms with Gasteiger partial charge in [0.1, 0.15) is 5.83 Å². The van der Waals surface area contributed by atoms with Crippen LogP contribution >= 0.6 is 0 Å². The molecule has 1 atom stereocenters. The Morgan fingerprint density at radius 3 is 2.64 bits per heavy atom. The first kappa shape index (κ1) is 8.31. The molecule has 1 rings (SSSR count).